The Morgan fingerprint density at radius 2 is 2.10 bits per heavy atom. The summed E-state index contributed by atoms with van der Waals surface area (Å²) >= 11 is 5.96. The third-order valence-electron chi connectivity index (χ3n) is 3.27. The number of halogens is 2. The van der Waals surface area contributed by atoms with Crippen molar-refractivity contribution in [3.8, 4) is 0 Å². The molecular formula is C15H18ClFN2O2. The summed E-state index contributed by atoms with van der Waals surface area (Å²) in [6.07, 6.45) is -0.176. The van der Waals surface area contributed by atoms with Gasteiger partial charge in [-0.05, 0) is 17.5 Å². The molecule has 2 aromatic rings. The summed E-state index contributed by atoms with van der Waals surface area (Å²) < 4.78 is 18.8. The van der Waals surface area contributed by atoms with Crippen molar-refractivity contribution in [1.82, 2.24) is 10.1 Å². The van der Waals surface area contributed by atoms with Crippen molar-refractivity contribution < 1.29 is 14.0 Å². The van der Waals surface area contributed by atoms with Crippen LogP contribution >= 0.6 is 11.6 Å². The third kappa shape index (κ3) is 4.02. The van der Waals surface area contributed by atoms with Crippen LogP contribution in [0, 0.1) is 11.2 Å². The lowest BCUT2D eigenvalue weighted by molar-refractivity contribution is 0.0565. The van der Waals surface area contributed by atoms with Crippen molar-refractivity contribution in [2.45, 2.75) is 39.7 Å². The molecule has 6 heteroatoms. The highest BCUT2D eigenvalue weighted by Crippen LogP contribution is 2.23. The molecule has 1 aromatic carbocycles. The zero-order chi connectivity index (χ0) is 15.6. The zero-order valence-corrected chi connectivity index (χ0v) is 13.0. The van der Waals surface area contributed by atoms with Gasteiger partial charge in [-0.1, -0.05) is 43.6 Å². The van der Waals surface area contributed by atoms with Crippen LogP contribution in [-0.4, -0.2) is 21.4 Å². The minimum atomic E-state index is -0.595. The monoisotopic (exact) mass is 312 g/mol. The molecule has 0 fully saturated rings. The van der Waals surface area contributed by atoms with Gasteiger partial charge < -0.3 is 9.63 Å². The van der Waals surface area contributed by atoms with E-state index in [-0.39, 0.29) is 18.3 Å². The molecule has 0 saturated carbocycles. The molecule has 0 saturated heterocycles. The van der Waals surface area contributed by atoms with E-state index in [0.717, 1.165) is 0 Å². The Kier molecular flexibility index (Phi) is 4.64. The predicted molar refractivity (Wildman–Crippen MR) is 77.7 cm³/mol. The molecule has 1 aromatic heterocycles. The van der Waals surface area contributed by atoms with Crippen molar-refractivity contribution in [2.75, 3.05) is 0 Å². The average Bonchev–Trinajstić information content (AvgIpc) is 2.80. The molecule has 0 bridgehead atoms. The van der Waals surface area contributed by atoms with Crippen molar-refractivity contribution in [2.24, 2.45) is 5.41 Å². The molecule has 0 spiro atoms. The quantitative estimate of drug-likeness (QED) is 0.940. The number of aliphatic hydroxyl groups is 1. The second-order valence-electron chi connectivity index (χ2n) is 6.07. The number of aromatic nitrogens is 2. The molecule has 1 unspecified atom stereocenters. The van der Waals surface area contributed by atoms with E-state index >= 15 is 0 Å². The van der Waals surface area contributed by atoms with Gasteiger partial charge in [0.05, 0.1) is 12.5 Å². The van der Waals surface area contributed by atoms with E-state index in [4.69, 9.17) is 16.1 Å². The maximum Gasteiger partial charge on any atom is 0.229 e. The van der Waals surface area contributed by atoms with Gasteiger partial charge >= 0.3 is 0 Å². The fraction of sp³-hybridized carbons (Fsp3) is 0.467. The zero-order valence-electron chi connectivity index (χ0n) is 12.2. The van der Waals surface area contributed by atoms with Crippen LogP contribution in [0.25, 0.3) is 0 Å². The Morgan fingerprint density at radius 1 is 1.38 bits per heavy atom. The van der Waals surface area contributed by atoms with Gasteiger partial charge in [-0.2, -0.15) is 4.98 Å². The van der Waals surface area contributed by atoms with E-state index in [0.29, 0.717) is 22.3 Å². The van der Waals surface area contributed by atoms with Gasteiger partial charge in [0.25, 0.3) is 0 Å². The van der Waals surface area contributed by atoms with Crippen molar-refractivity contribution in [1.29, 1.82) is 0 Å². The lowest BCUT2D eigenvalue weighted by atomic mass is 9.87. The number of benzene rings is 1. The fourth-order valence-corrected chi connectivity index (χ4v) is 2.01. The fourth-order valence-electron chi connectivity index (χ4n) is 1.78. The Morgan fingerprint density at radius 3 is 2.71 bits per heavy atom. The largest absolute Gasteiger partial charge is 0.392 e. The lowest BCUT2D eigenvalue weighted by Crippen LogP contribution is -2.28. The van der Waals surface area contributed by atoms with Crippen molar-refractivity contribution >= 4 is 11.6 Å². The number of nitrogens with zero attached hydrogens (tertiary/aromatic N) is 2. The van der Waals surface area contributed by atoms with Crippen LogP contribution in [0.5, 0.6) is 0 Å². The van der Waals surface area contributed by atoms with Crippen LogP contribution in [0.15, 0.2) is 22.7 Å². The Balaban J connectivity index is 2.11. The summed E-state index contributed by atoms with van der Waals surface area (Å²) in [7, 11) is 0. The lowest BCUT2D eigenvalue weighted by Gasteiger charge is -2.24. The van der Waals surface area contributed by atoms with Gasteiger partial charge in [0, 0.05) is 17.0 Å². The second-order valence-corrected chi connectivity index (χ2v) is 6.47. The number of aliphatic hydroxyl groups excluding tert-OH is 1. The third-order valence-corrected chi connectivity index (χ3v) is 3.63. The molecule has 0 aliphatic heterocycles. The van der Waals surface area contributed by atoms with Gasteiger partial charge in [-0.3, -0.25) is 0 Å². The SMILES string of the molecule is CC(C)(C)C(O)Cc1nc(Cc2c(F)cccc2Cl)no1. The average molecular weight is 313 g/mol. The van der Waals surface area contributed by atoms with Crippen molar-refractivity contribution in [3.05, 3.63) is 46.3 Å². The standard InChI is InChI=1S/C15H18ClFN2O2/c1-15(2,3)12(20)8-14-18-13(19-21-14)7-9-10(16)5-4-6-11(9)17/h4-6,12,20H,7-8H2,1-3H3. The summed E-state index contributed by atoms with van der Waals surface area (Å²) in [6, 6.07) is 4.50. The number of hydrogen-bond donors (Lipinski definition) is 1. The Bertz CT molecular complexity index is 602. The first kappa shape index (κ1) is 15.9. The van der Waals surface area contributed by atoms with Gasteiger partial charge in [-0.15, -0.1) is 0 Å². The van der Waals surface area contributed by atoms with Gasteiger partial charge in [0.15, 0.2) is 5.82 Å². The second kappa shape index (κ2) is 6.12. The summed E-state index contributed by atoms with van der Waals surface area (Å²) in [5.41, 5.74) is 0.0617. The highest BCUT2D eigenvalue weighted by Gasteiger charge is 2.25. The van der Waals surface area contributed by atoms with Crippen LogP contribution in [0.1, 0.15) is 38.0 Å². The molecule has 1 atom stereocenters. The van der Waals surface area contributed by atoms with E-state index in [1.807, 2.05) is 20.8 Å². The summed E-state index contributed by atoms with van der Waals surface area (Å²) in [6.45, 7) is 5.77. The maximum absolute atomic E-state index is 13.7. The van der Waals surface area contributed by atoms with Gasteiger partial charge in [0.2, 0.25) is 5.89 Å². The molecular weight excluding hydrogens is 295 g/mol. The maximum atomic E-state index is 13.7. The molecule has 21 heavy (non-hydrogen) atoms. The molecule has 0 amide bonds. The predicted octanol–water partition coefficient (Wildman–Crippen LogP) is 3.40. The molecule has 0 aliphatic rings. The number of hydrogen-bond acceptors (Lipinski definition) is 4. The van der Waals surface area contributed by atoms with E-state index in [9.17, 15) is 9.50 Å². The van der Waals surface area contributed by atoms with E-state index < -0.39 is 11.9 Å². The van der Waals surface area contributed by atoms with Crippen LogP contribution < -0.4 is 0 Å². The molecule has 114 valence electrons. The van der Waals surface area contributed by atoms with Crippen LogP contribution in [0.2, 0.25) is 5.02 Å². The Labute approximate surface area is 127 Å². The first-order chi connectivity index (χ1) is 9.77. The molecule has 1 heterocycles. The normalized spacial score (nSPS) is 13.4. The summed E-state index contributed by atoms with van der Waals surface area (Å²) in [5, 5.41) is 14.2. The molecule has 4 nitrogen and oxygen atoms in total. The van der Waals surface area contributed by atoms with Gasteiger partial charge in [0.1, 0.15) is 5.82 Å². The summed E-state index contributed by atoms with van der Waals surface area (Å²) in [5.74, 6) is 0.279. The van der Waals surface area contributed by atoms with Gasteiger partial charge in [-0.25, -0.2) is 4.39 Å². The highest BCUT2D eigenvalue weighted by molar-refractivity contribution is 6.31. The van der Waals surface area contributed by atoms with Crippen LogP contribution in [0.3, 0.4) is 0 Å². The smallest absolute Gasteiger partial charge is 0.229 e. The first-order valence-electron chi connectivity index (χ1n) is 6.70. The molecule has 0 aliphatic carbocycles. The van der Waals surface area contributed by atoms with E-state index in [1.54, 1.807) is 12.1 Å². The minimum Gasteiger partial charge on any atom is -0.392 e. The molecule has 1 N–H and O–H groups in total. The molecule has 2 rings (SSSR count). The van der Waals surface area contributed by atoms with E-state index in [1.165, 1.54) is 6.07 Å². The Hall–Kier alpha value is -1.46. The number of rotatable bonds is 4. The van der Waals surface area contributed by atoms with Crippen LogP contribution in [0.4, 0.5) is 4.39 Å². The van der Waals surface area contributed by atoms with Crippen molar-refractivity contribution in [3.63, 3.8) is 0 Å². The highest BCUT2D eigenvalue weighted by atomic mass is 35.5. The first-order valence-corrected chi connectivity index (χ1v) is 7.07. The minimum absolute atomic E-state index is 0.153. The van der Waals surface area contributed by atoms with Crippen LogP contribution in [-0.2, 0) is 12.8 Å². The summed E-state index contributed by atoms with van der Waals surface area (Å²) in [4.78, 5) is 4.18. The molecule has 0 radical (unpaired) electrons. The van der Waals surface area contributed by atoms with E-state index in [2.05, 4.69) is 10.1 Å². The topological polar surface area (TPSA) is 59.2 Å².